The maximum Gasteiger partial charge on any atom is 0.328 e. The number of ether oxygens (including phenoxy) is 4. The lowest BCUT2D eigenvalue weighted by atomic mass is 9.71. The van der Waals surface area contributed by atoms with E-state index in [0.29, 0.717) is 13.0 Å². The van der Waals surface area contributed by atoms with Crippen molar-refractivity contribution in [2.24, 2.45) is 5.41 Å². The van der Waals surface area contributed by atoms with Gasteiger partial charge in [0.2, 0.25) is 5.41 Å². The Morgan fingerprint density at radius 3 is 2.16 bits per heavy atom. The van der Waals surface area contributed by atoms with E-state index in [4.69, 9.17) is 25.4 Å². The van der Waals surface area contributed by atoms with Crippen molar-refractivity contribution in [3.8, 4) is 12.3 Å². The van der Waals surface area contributed by atoms with E-state index in [9.17, 15) is 14.4 Å². The number of hydrogen-bond donors (Lipinski definition) is 1. The van der Waals surface area contributed by atoms with Gasteiger partial charge < -0.3 is 24.3 Å². The first-order valence-electron chi connectivity index (χ1n) is 8.30. The lowest BCUT2D eigenvalue weighted by Crippen LogP contribution is -2.69. The van der Waals surface area contributed by atoms with Crippen molar-refractivity contribution in [2.45, 2.75) is 39.3 Å². The molecule has 1 saturated heterocycles. The minimum Gasteiger partial charge on any atom is -0.465 e. The molecule has 140 valence electrons. The Balaban J connectivity index is 3.42. The van der Waals surface area contributed by atoms with Crippen LogP contribution in [0.5, 0.6) is 0 Å². The van der Waals surface area contributed by atoms with E-state index in [1.54, 1.807) is 20.8 Å². The number of esters is 3. The molecular weight excluding hydrogens is 330 g/mol. The molecule has 25 heavy (non-hydrogen) atoms. The number of piperidine rings is 1. The van der Waals surface area contributed by atoms with Crippen molar-refractivity contribution in [3.63, 3.8) is 0 Å². The van der Waals surface area contributed by atoms with E-state index in [-0.39, 0.29) is 26.4 Å². The van der Waals surface area contributed by atoms with E-state index in [0.717, 1.165) is 0 Å². The summed E-state index contributed by atoms with van der Waals surface area (Å²) in [4.78, 5) is 38.1. The largest absolute Gasteiger partial charge is 0.465 e. The molecule has 0 aromatic rings. The summed E-state index contributed by atoms with van der Waals surface area (Å²) in [6.07, 6.45) is 4.54. The molecule has 0 amide bonds. The predicted molar refractivity (Wildman–Crippen MR) is 87.3 cm³/mol. The van der Waals surface area contributed by atoms with E-state index in [1.165, 1.54) is 0 Å². The van der Waals surface area contributed by atoms with E-state index >= 15 is 0 Å². The third-order valence-electron chi connectivity index (χ3n) is 3.85. The topological polar surface area (TPSA) is 100 Å². The molecule has 0 bridgehead atoms. The minimum atomic E-state index is -1.99. The van der Waals surface area contributed by atoms with Gasteiger partial charge in [-0.05, 0) is 33.7 Å². The van der Waals surface area contributed by atoms with Gasteiger partial charge in [-0.3, -0.25) is 14.4 Å². The molecule has 0 saturated carbocycles. The van der Waals surface area contributed by atoms with Crippen molar-refractivity contribution in [1.82, 2.24) is 5.32 Å². The van der Waals surface area contributed by atoms with Gasteiger partial charge in [0, 0.05) is 6.61 Å². The van der Waals surface area contributed by atoms with Crippen molar-refractivity contribution in [3.05, 3.63) is 0 Å². The number of rotatable bonds is 8. The normalized spacial score (nSPS) is 21.7. The van der Waals surface area contributed by atoms with Crippen molar-refractivity contribution < 1.29 is 33.3 Å². The van der Waals surface area contributed by atoms with E-state index < -0.39 is 35.5 Å². The Labute approximate surface area is 147 Å². The Kier molecular flexibility index (Phi) is 8.38. The molecule has 2 atom stereocenters. The zero-order chi connectivity index (χ0) is 18.9. The van der Waals surface area contributed by atoms with Gasteiger partial charge in [-0.25, -0.2) is 0 Å². The van der Waals surface area contributed by atoms with Crippen molar-refractivity contribution >= 4 is 17.9 Å². The lowest BCUT2D eigenvalue weighted by molar-refractivity contribution is -0.197. The molecule has 8 heteroatoms. The van der Waals surface area contributed by atoms with Crippen LogP contribution in [0.15, 0.2) is 0 Å². The van der Waals surface area contributed by atoms with Crippen LogP contribution in [0.3, 0.4) is 0 Å². The highest BCUT2D eigenvalue weighted by Gasteiger charge is 2.65. The van der Waals surface area contributed by atoms with Gasteiger partial charge in [-0.2, -0.15) is 0 Å². The standard InChI is InChI=1S/C17H25NO7/c1-5-11-25-14(19)13-17(15(20)23-7-3,16(21)24-8-4)12(22-6-2)9-10-18-13/h1,12-13,18H,6-11H2,2-4H3/t12-,13+/m0/s1. The molecule has 1 fully saturated rings. The molecule has 1 aliphatic rings. The third-order valence-corrected chi connectivity index (χ3v) is 3.85. The zero-order valence-electron chi connectivity index (χ0n) is 14.8. The Bertz CT molecular complexity index is 506. The molecule has 0 radical (unpaired) electrons. The molecule has 0 unspecified atom stereocenters. The first kappa shape index (κ1) is 20.9. The number of nitrogens with one attached hydrogen (secondary N) is 1. The lowest BCUT2D eigenvalue weighted by Gasteiger charge is -2.43. The highest BCUT2D eigenvalue weighted by molar-refractivity contribution is 6.06. The maximum atomic E-state index is 12.8. The van der Waals surface area contributed by atoms with Crippen LogP contribution in [0.4, 0.5) is 0 Å². The van der Waals surface area contributed by atoms with Crippen molar-refractivity contribution in [2.75, 3.05) is 33.0 Å². The molecule has 0 aliphatic carbocycles. The minimum absolute atomic E-state index is 0.0327. The second-order valence-electron chi connectivity index (χ2n) is 5.24. The maximum absolute atomic E-state index is 12.8. The average Bonchev–Trinajstić information content (AvgIpc) is 2.60. The SMILES string of the molecule is C#CCOC(=O)[C@H]1NCC[C@H](OCC)C1(C(=O)OCC)C(=O)OCC. The van der Waals surface area contributed by atoms with Crippen molar-refractivity contribution in [1.29, 1.82) is 0 Å². The number of carbonyl (C=O) groups excluding carboxylic acids is 3. The van der Waals surface area contributed by atoms with Gasteiger partial charge in [-0.1, -0.05) is 5.92 Å². The summed E-state index contributed by atoms with van der Waals surface area (Å²) in [5.41, 5.74) is -1.99. The zero-order valence-corrected chi connectivity index (χ0v) is 14.8. The molecule has 1 N–H and O–H groups in total. The summed E-state index contributed by atoms with van der Waals surface area (Å²) in [6, 6.07) is -1.32. The van der Waals surface area contributed by atoms with Gasteiger partial charge in [-0.15, -0.1) is 6.42 Å². The summed E-state index contributed by atoms with van der Waals surface area (Å²) in [5.74, 6) is -0.429. The summed E-state index contributed by atoms with van der Waals surface area (Å²) in [7, 11) is 0. The molecule has 0 spiro atoms. The van der Waals surface area contributed by atoms with E-state index in [1.807, 2.05) is 0 Å². The summed E-state index contributed by atoms with van der Waals surface area (Å²) in [5, 5.41) is 2.86. The molecular formula is C17H25NO7. The van der Waals surface area contributed by atoms with Gasteiger partial charge >= 0.3 is 17.9 Å². The Morgan fingerprint density at radius 1 is 1.08 bits per heavy atom. The smallest absolute Gasteiger partial charge is 0.328 e. The fourth-order valence-corrected chi connectivity index (χ4v) is 2.90. The molecule has 0 aromatic heterocycles. The fraction of sp³-hybridized carbons (Fsp3) is 0.706. The quantitative estimate of drug-likeness (QED) is 0.282. The second-order valence-corrected chi connectivity index (χ2v) is 5.24. The third kappa shape index (κ3) is 4.30. The molecule has 8 nitrogen and oxygen atoms in total. The molecule has 1 heterocycles. The van der Waals surface area contributed by atoms with Crippen LogP contribution < -0.4 is 5.32 Å². The summed E-state index contributed by atoms with van der Waals surface area (Å²) >= 11 is 0. The number of hydrogen-bond acceptors (Lipinski definition) is 8. The predicted octanol–water partition coefficient (Wildman–Crippen LogP) is 0.0424. The van der Waals surface area contributed by atoms with Gasteiger partial charge in [0.25, 0.3) is 0 Å². The van der Waals surface area contributed by atoms with Gasteiger partial charge in [0.05, 0.1) is 19.3 Å². The highest BCUT2D eigenvalue weighted by Crippen LogP contribution is 2.38. The van der Waals surface area contributed by atoms with Crippen LogP contribution in [-0.2, 0) is 33.3 Å². The average molecular weight is 355 g/mol. The summed E-state index contributed by atoms with van der Waals surface area (Å²) < 4.78 is 20.8. The van der Waals surface area contributed by atoms with Gasteiger partial charge in [0.15, 0.2) is 6.61 Å². The first-order valence-corrected chi connectivity index (χ1v) is 8.30. The number of carbonyl (C=O) groups is 3. The van der Waals surface area contributed by atoms with E-state index in [2.05, 4.69) is 11.2 Å². The molecule has 1 rings (SSSR count). The van der Waals surface area contributed by atoms with Crippen LogP contribution >= 0.6 is 0 Å². The highest BCUT2D eigenvalue weighted by atomic mass is 16.6. The number of terminal acetylenes is 1. The molecule has 1 aliphatic heterocycles. The fourth-order valence-electron chi connectivity index (χ4n) is 2.90. The second kappa shape index (κ2) is 10.0. The Hall–Kier alpha value is -2.11. The van der Waals surface area contributed by atoms with Crippen LogP contribution in [0.2, 0.25) is 0 Å². The molecule has 0 aromatic carbocycles. The van der Waals surface area contributed by atoms with Crippen LogP contribution in [-0.4, -0.2) is 63.0 Å². The van der Waals surface area contributed by atoms with Crippen LogP contribution in [0.25, 0.3) is 0 Å². The van der Waals surface area contributed by atoms with Crippen LogP contribution in [0.1, 0.15) is 27.2 Å². The van der Waals surface area contributed by atoms with Gasteiger partial charge in [0.1, 0.15) is 6.04 Å². The summed E-state index contributed by atoms with van der Waals surface area (Å²) in [6.45, 7) is 5.32. The monoisotopic (exact) mass is 355 g/mol. The van der Waals surface area contributed by atoms with Crippen LogP contribution in [0, 0.1) is 17.8 Å². The Morgan fingerprint density at radius 2 is 1.68 bits per heavy atom. The first-order chi connectivity index (χ1) is 12.0.